The Morgan fingerprint density at radius 1 is 0.921 bits per heavy atom. The number of carbonyl (C=O) groups is 3. The summed E-state index contributed by atoms with van der Waals surface area (Å²) in [6, 6.07) is 24.3. The van der Waals surface area contributed by atoms with Crippen LogP contribution < -0.4 is 10.1 Å². The van der Waals surface area contributed by atoms with E-state index in [0.29, 0.717) is 13.0 Å². The third-order valence-electron chi connectivity index (χ3n) is 7.08. The van der Waals surface area contributed by atoms with Crippen LogP contribution in [0.4, 0.5) is 0 Å². The number of likely N-dealkylation sites (tertiary alicyclic amines) is 1. The van der Waals surface area contributed by atoms with Crippen LogP contribution in [0.1, 0.15) is 28.3 Å². The summed E-state index contributed by atoms with van der Waals surface area (Å²) in [5.74, 6) is -0.832. The first-order valence-corrected chi connectivity index (χ1v) is 12.7. The molecule has 2 fully saturated rings. The van der Waals surface area contributed by atoms with Gasteiger partial charge in [-0.1, -0.05) is 72.3 Å². The van der Waals surface area contributed by atoms with Crippen molar-refractivity contribution in [3.63, 3.8) is 0 Å². The Morgan fingerprint density at radius 3 is 2.32 bits per heavy atom. The second kappa shape index (κ2) is 11.2. The number of amides is 3. The van der Waals surface area contributed by atoms with E-state index >= 15 is 0 Å². The van der Waals surface area contributed by atoms with Crippen LogP contribution in [0.2, 0.25) is 0 Å². The SMILES string of the molecule is COc1ccc(CCNC(=O)CN2OC3C(=O)N(Cc4ccccc4)C(=O)C3C2c2ccc(C)cc2)cc1. The zero-order valence-electron chi connectivity index (χ0n) is 21.5. The summed E-state index contributed by atoms with van der Waals surface area (Å²) in [6.45, 7) is 2.54. The second-order valence-corrected chi connectivity index (χ2v) is 9.68. The van der Waals surface area contributed by atoms with Gasteiger partial charge in [0, 0.05) is 6.54 Å². The highest BCUT2D eigenvalue weighted by Gasteiger charge is 2.59. The Labute approximate surface area is 222 Å². The number of ether oxygens (including phenoxy) is 1. The molecule has 38 heavy (non-hydrogen) atoms. The number of fused-ring (bicyclic) bond motifs is 1. The van der Waals surface area contributed by atoms with Gasteiger partial charge < -0.3 is 10.1 Å². The Balaban J connectivity index is 1.28. The minimum absolute atomic E-state index is 0.0899. The Morgan fingerprint density at radius 2 is 1.63 bits per heavy atom. The molecule has 0 saturated carbocycles. The van der Waals surface area contributed by atoms with Crippen LogP contribution >= 0.6 is 0 Å². The first kappa shape index (κ1) is 25.6. The maximum absolute atomic E-state index is 13.5. The molecule has 1 N–H and O–H groups in total. The quantitative estimate of drug-likeness (QED) is 0.442. The fourth-order valence-electron chi connectivity index (χ4n) is 5.06. The fraction of sp³-hybridized carbons (Fsp3) is 0.300. The van der Waals surface area contributed by atoms with E-state index in [1.807, 2.05) is 85.8 Å². The van der Waals surface area contributed by atoms with Crippen molar-refractivity contribution in [3.05, 3.63) is 101 Å². The standard InChI is InChI=1S/C30H31N3O5/c1-20-8-12-23(13-9-20)27-26-28(30(36)32(29(26)35)18-22-6-4-3-5-7-22)38-33(27)19-25(34)31-17-16-21-10-14-24(37-2)15-11-21/h3-15,26-28H,16-19H2,1-2H3,(H,31,34). The van der Waals surface area contributed by atoms with Gasteiger partial charge in [-0.2, -0.15) is 5.06 Å². The first-order chi connectivity index (χ1) is 18.4. The van der Waals surface area contributed by atoms with E-state index in [1.54, 1.807) is 7.11 Å². The third kappa shape index (κ3) is 5.32. The van der Waals surface area contributed by atoms with Crippen molar-refractivity contribution in [1.82, 2.24) is 15.3 Å². The second-order valence-electron chi connectivity index (χ2n) is 9.68. The molecule has 3 aromatic rings. The van der Waals surface area contributed by atoms with Crippen molar-refractivity contribution in [2.45, 2.75) is 32.0 Å². The molecule has 5 rings (SSSR count). The molecule has 0 bridgehead atoms. The summed E-state index contributed by atoms with van der Waals surface area (Å²) < 4.78 is 5.18. The molecule has 0 radical (unpaired) electrons. The molecule has 2 saturated heterocycles. The number of hydrogen-bond donors (Lipinski definition) is 1. The molecular weight excluding hydrogens is 482 g/mol. The molecule has 2 aliphatic heterocycles. The van der Waals surface area contributed by atoms with E-state index in [-0.39, 0.29) is 30.8 Å². The summed E-state index contributed by atoms with van der Waals surface area (Å²) in [4.78, 5) is 47.0. The maximum atomic E-state index is 13.5. The van der Waals surface area contributed by atoms with E-state index < -0.39 is 18.1 Å². The summed E-state index contributed by atoms with van der Waals surface area (Å²) in [6.07, 6.45) is -0.293. The van der Waals surface area contributed by atoms with Crippen LogP contribution in [0.25, 0.3) is 0 Å². The summed E-state index contributed by atoms with van der Waals surface area (Å²) in [5, 5.41) is 4.42. The summed E-state index contributed by atoms with van der Waals surface area (Å²) >= 11 is 0. The molecule has 0 spiro atoms. The van der Waals surface area contributed by atoms with Gasteiger partial charge in [-0.3, -0.25) is 24.1 Å². The molecule has 0 aromatic heterocycles. The van der Waals surface area contributed by atoms with Crippen LogP contribution in [-0.4, -0.2) is 54.0 Å². The van der Waals surface area contributed by atoms with Gasteiger partial charge in [0.2, 0.25) is 11.8 Å². The average Bonchev–Trinajstić information content (AvgIpc) is 3.40. The summed E-state index contributed by atoms with van der Waals surface area (Å²) in [5.41, 5.74) is 3.85. The number of aryl methyl sites for hydroxylation is 1. The van der Waals surface area contributed by atoms with Crippen LogP contribution in [0, 0.1) is 12.8 Å². The zero-order valence-corrected chi connectivity index (χ0v) is 21.5. The van der Waals surface area contributed by atoms with Crippen molar-refractivity contribution in [3.8, 4) is 5.75 Å². The molecule has 3 aromatic carbocycles. The molecule has 8 heteroatoms. The molecular formula is C30H31N3O5. The van der Waals surface area contributed by atoms with Gasteiger partial charge in [-0.15, -0.1) is 0 Å². The van der Waals surface area contributed by atoms with Crippen LogP contribution in [0.5, 0.6) is 5.75 Å². The van der Waals surface area contributed by atoms with Gasteiger partial charge in [-0.05, 0) is 42.2 Å². The number of hydroxylamine groups is 2. The molecule has 3 atom stereocenters. The van der Waals surface area contributed by atoms with Gasteiger partial charge in [0.15, 0.2) is 6.10 Å². The number of nitrogens with zero attached hydrogens (tertiary/aromatic N) is 2. The first-order valence-electron chi connectivity index (χ1n) is 12.7. The van der Waals surface area contributed by atoms with Crippen molar-refractivity contribution in [1.29, 1.82) is 0 Å². The number of benzene rings is 3. The van der Waals surface area contributed by atoms with Crippen molar-refractivity contribution < 1.29 is 24.0 Å². The number of hydrogen-bond acceptors (Lipinski definition) is 6. The van der Waals surface area contributed by atoms with Crippen molar-refractivity contribution >= 4 is 17.7 Å². The number of methoxy groups -OCH3 is 1. The zero-order chi connectivity index (χ0) is 26.6. The van der Waals surface area contributed by atoms with Gasteiger partial charge >= 0.3 is 0 Å². The topological polar surface area (TPSA) is 88.2 Å². The van der Waals surface area contributed by atoms with Crippen LogP contribution in [0.3, 0.4) is 0 Å². The molecule has 2 heterocycles. The number of nitrogens with one attached hydrogen (secondary N) is 1. The van der Waals surface area contributed by atoms with Gasteiger partial charge in [0.1, 0.15) is 12.3 Å². The van der Waals surface area contributed by atoms with Crippen LogP contribution in [-0.2, 0) is 32.2 Å². The number of imide groups is 1. The number of rotatable bonds is 9. The predicted molar refractivity (Wildman–Crippen MR) is 141 cm³/mol. The molecule has 3 unspecified atom stereocenters. The van der Waals surface area contributed by atoms with Gasteiger partial charge in [0.25, 0.3) is 5.91 Å². The largest absolute Gasteiger partial charge is 0.497 e. The number of carbonyl (C=O) groups excluding carboxylic acids is 3. The molecule has 0 aliphatic carbocycles. The predicted octanol–water partition coefficient (Wildman–Crippen LogP) is 3.20. The lowest BCUT2D eigenvalue weighted by Crippen LogP contribution is -2.41. The lowest BCUT2D eigenvalue weighted by molar-refractivity contribution is -0.182. The molecule has 196 valence electrons. The van der Waals surface area contributed by atoms with E-state index in [2.05, 4.69) is 5.32 Å². The Hall–Kier alpha value is -4.01. The lowest BCUT2D eigenvalue weighted by Gasteiger charge is -2.27. The lowest BCUT2D eigenvalue weighted by atomic mass is 9.90. The molecule has 8 nitrogen and oxygen atoms in total. The highest BCUT2D eigenvalue weighted by atomic mass is 16.7. The van der Waals surface area contributed by atoms with Crippen molar-refractivity contribution in [2.24, 2.45) is 5.92 Å². The van der Waals surface area contributed by atoms with Gasteiger partial charge in [0.05, 0.1) is 25.6 Å². The van der Waals surface area contributed by atoms with Gasteiger partial charge in [-0.25, -0.2) is 0 Å². The smallest absolute Gasteiger partial charge is 0.261 e. The highest BCUT2D eigenvalue weighted by Crippen LogP contribution is 2.44. The minimum atomic E-state index is -0.954. The monoisotopic (exact) mass is 513 g/mol. The third-order valence-corrected chi connectivity index (χ3v) is 7.08. The highest BCUT2D eigenvalue weighted by molar-refractivity contribution is 6.07. The van der Waals surface area contributed by atoms with E-state index in [0.717, 1.165) is 28.0 Å². The molecule has 2 aliphatic rings. The maximum Gasteiger partial charge on any atom is 0.261 e. The summed E-state index contributed by atoms with van der Waals surface area (Å²) in [7, 11) is 1.62. The minimum Gasteiger partial charge on any atom is -0.497 e. The normalized spacial score (nSPS) is 21.0. The van der Waals surface area contributed by atoms with E-state index in [4.69, 9.17) is 9.57 Å². The molecule has 3 amide bonds. The average molecular weight is 514 g/mol. The Kier molecular flexibility index (Phi) is 7.53. The van der Waals surface area contributed by atoms with E-state index in [1.165, 1.54) is 9.96 Å². The van der Waals surface area contributed by atoms with Crippen LogP contribution in [0.15, 0.2) is 78.9 Å². The van der Waals surface area contributed by atoms with Crippen molar-refractivity contribution in [2.75, 3.05) is 20.2 Å². The van der Waals surface area contributed by atoms with E-state index in [9.17, 15) is 14.4 Å². The fourth-order valence-corrected chi connectivity index (χ4v) is 5.06. The Bertz CT molecular complexity index is 1290.